The Morgan fingerprint density at radius 2 is 2.00 bits per heavy atom. The maximum absolute atomic E-state index is 5.34. The number of nitrogens with one attached hydrogen (secondary N) is 1. The number of nitrogens with zero attached hydrogens (tertiary/aromatic N) is 1. The highest BCUT2D eigenvalue weighted by atomic mass is 16.5. The molecule has 2 aromatic rings. The molecule has 0 amide bonds. The topological polar surface area (TPSA) is 24.5 Å². The molecular weight excluding hydrogens is 272 g/mol. The Labute approximate surface area is 132 Å². The van der Waals surface area contributed by atoms with E-state index in [1.54, 1.807) is 7.11 Å². The molecule has 0 radical (unpaired) electrons. The molecule has 22 heavy (non-hydrogen) atoms. The van der Waals surface area contributed by atoms with E-state index in [1.165, 1.54) is 24.1 Å². The van der Waals surface area contributed by atoms with Gasteiger partial charge in [0.25, 0.3) is 0 Å². The van der Waals surface area contributed by atoms with Crippen LogP contribution in [0.1, 0.15) is 18.4 Å². The molecule has 0 spiro atoms. The zero-order valence-corrected chi connectivity index (χ0v) is 13.2. The lowest BCUT2D eigenvalue weighted by atomic mass is 10.0. The van der Waals surface area contributed by atoms with Gasteiger partial charge in [0.1, 0.15) is 5.75 Å². The minimum atomic E-state index is 0.542. The van der Waals surface area contributed by atoms with Crippen LogP contribution in [0.3, 0.4) is 0 Å². The van der Waals surface area contributed by atoms with E-state index in [4.69, 9.17) is 4.74 Å². The lowest BCUT2D eigenvalue weighted by molar-refractivity contribution is 0.411. The fraction of sp³-hybridized carbons (Fsp3) is 0.368. The van der Waals surface area contributed by atoms with Gasteiger partial charge >= 0.3 is 0 Å². The number of piperidine rings is 1. The summed E-state index contributed by atoms with van der Waals surface area (Å²) in [7, 11) is 1.72. The molecule has 0 aliphatic carbocycles. The molecule has 1 heterocycles. The molecule has 1 saturated heterocycles. The van der Waals surface area contributed by atoms with Crippen molar-refractivity contribution in [2.75, 3.05) is 25.1 Å². The highest BCUT2D eigenvalue weighted by Crippen LogP contribution is 2.24. The predicted molar refractivity (Wildman–Crippen MR) is 91.5 cm³/mol. The first kappa shape index (κ1) is 14.9. The van der Waals surface area contributed by atoms with E-state index in [1.807, 2.05) is 6.07 Å². The smallest absolute Gasteiger partial charge is 0.120 e. The monoisotopic (exact) mass is 296 g/mol. The van der Waals surface area contributed by atoms with Gasteiger partial charge in [-0.3, -0.25) is 0 Å². The number of benzene rings is 2. The molecule has 3 heteroatoms. The van der Waals surface area contributed by atoms with Gasteiger partial charge < -0.3 is 15.0 Å². The highest BCUT2D eigenvalue weighted by Gasteiger charge is 2.19. The molecule has 2 aromatic carbocycles. The minimum Gasteiger partial charge on any atom is -0.497 e. The van der Waals surface area contributed by atoms with E-state index < -0.39 is 0 Å². The summed E-state index contributed by atoms with van der Waals surface area (Å²) in [5.41, 5.74) is 2.60. The second kappa shape index (κ2) is 7.32. The van der Waals surface area contributed by atoms with Gasteiger partial charge in [0, 0.05) is 37.4 Å². The van der Waals surface area contributed by atoms with Crippen LogP contribution in [0, 0.1) is 0 Å². The van der Waals surface area contributed by atoms with Crippen molar-refractivity contribution in [3.8, 4) is 5.75 Å². The van der Waals surface area contributed by atoms with Crippen LogP contribution < -0.4 is 15.0 Å². The molecule has 3 nitrogen and oxygen atoms in total. The Kier molecular flexibility index (Phi) is 4.96. The number of anilines is 1. The van der Waals surface area contributed by atoms with Crippen LogP contribution in [0.4, 0.5) is 5.69 Å². The minimum absolute atomic E-state index is 0.542. The van der Waals surface area contributed by atoms with E-state index in [2.05, 4.69) is 58.7 Å². The van der Waals surface area contributed by atoms with Gasteiger partial charge in [-0.25, -0.2) is 0 Å². The van der Waals surface area contributed by atoms with Crippen LogP contribution in [-0.4, -0.2) is 26.2 Å². The van der Waals surface area contributed by atoms with Crippen molar-refractivity contribution >= 4 is 5.69 Å². The first-order chi connectivity index (χ1) is 10.8. The summed E-state index contributed by atoms with van der Waals surface area (Å²) in [5.74, 6) is 0.928. The average molecular weight is 296 g/mol. The summed E-state index contributed by atoms with van der Waals surface area (Å²) in [5, 5.41) is 3.69. The maximum atomic E-state index is 5.34. The molecule has 1 aliphatic heterocycles. The Bertz CT molecular complexity index is 585. The third-order valence-electron chi connectivity index (χ3n) is 4.28. The molecule has 1 aliphatic rings. The van der Waals surface area contributed by atoms with E-state index in [0.29, 0.717) is 6.04 Å². The summed E-state index contributed by atoms with van der Waals surface area (Å²) >= 11 is 0. The van der Waals surface area contributed by atoms with Gasteiger partial charge in [-0.1, -0.05) is 36.4 Å². The van der Waals surface area contributed by atoms with Gasteiger partial charge in [0.05, 0.1) is 7.11 Å². The third kappa shape index (κ3) is 3.80. The Balaban J connectivity index is 1.59. The molecule has 1 fully saturated rings. The normalized spacial score (nSPS) is 18.2. The van der Waals surface area contributed by atoms with Gasteiger partial charge in [0.2, 0.25) is 0 Å². The quantitative estimate of drug-likeness (QED) is 0.914. The zero-order valence-electron chi connectivity index (χ0n) is 13.2. The molecule has 0 bridgehead atoms. The molecule has 116 valence electrons. The van der Waals surface area contributed by atoms with Gasteiger partial charge in [-0.2, -0.15) is 0 Å². The predicted octanol–water partition coefficient (Wildman–Crippen LogP) is 3.45. The first-order valence-electron chi connectivity index (χ1n) is 8.01. The van der Waals surface area contributed by atoms with Crippen LogP contribution in [0.2, 0.25) is 0 Å². The fourth-order valence-electron chi connectivity index (χ4n) is 3.04. The molecule has 3 rings (SSSR count). The van der Waals surface area contributed by atoms with Crippen LogP contribution in [0.5, 0.6) is 5.75 Å². The number of hydrogen-bond donors (Lipinski definition) is 1. The van der Waals surface area contributed by atoms with Gasteiger partial charge in [-0.15, -0.1) is 0 Å². The molecule has 1 atom stereocenters. The second-order valence-corrected chi connectivity index (χ2v) is 5.85. The van der Waals surface area contributed by atoms with Crippen molar-refractivity contribution in [2.24, 2.45) is 0 Å². The summed E-state index contributed by atoms with van der Waals surface area (Å²) in [6, 6.07) is 19.5. The fourth-order valence-corrected chi connectivity index (χ4v) is 3.04. The van der Waals surface area contributed by atoms with Crippen molar-refractivity contribution in [2.45, 2.75) is 25.4 Å². The van der Waals surface area contributed by atoms with Crippen LogP contribution in [0.25, 0.3) is 0 Å². The number of hydrogen-bond acceptors (Lipinski definition) is 3. The van der Waals surface area contributed by atoms with E-state index >= 15 is 0 Å². The Hall–Kier alpha value is -2.00. The van der Waals surface area contributed by atoms with Crippen LogP contribution in [0.15, 0.2) is 54.6 Å². The van der Waals surface area contributed by atoms with Crippen molar-refractivity contribution < 1.29 is 4.74 Å². The highest BCUT2D eigenvalue weighted by molar-refractivity contribution is 5.51. The lowest BCUT2D eigenvalue weighted by Gasteiger charge is -2.35. The van der Waals surface area contributed by atoms with E-state index in [-0.39, 0.29) is 0 Å². The average Bonchev–Trinajstić information content (AvgIpc) is 2.61. The third-order valence-corrected chi connectivity index (χ3v) is 4.28. The molecular formula is C19H24N2O. The molecule has 0 aromatic heterocycles. The Morgan fingerprint density at radius 3 is 2.82 bits per heavy atom. The zero-order chi connectivity index (χ0) is 15.2. The second-order valence-electron chi connectivity index (χ2n) is 5.85. The van der Waals surface area contributed by atoms with Gasteiger partial charge in [-0.05, 0) is 30.5 Å². The van der Waals surface area contributed by atoms with Crippen molar-refractivity contribution in [3.05, 3.63) is 60.2 Å². The summed E-state index contributed by atoms with van der Waals surface area (Å²) < 4.78 is 5.34. The summed E-state index contributed by atoms with van der Waals surface area (Å²) in [6.45, 7) is 3.12. The largest absolute Gasteiger partial charge is 0.497 e. The molecule has 0 saturated carbocycles. The van der Waals surface area contributed by atoms with Crippen molar-refractivity contribution in [3.63, 3.8) is 0 Å². The lowest BCUT2D eigenvalue weighted by Crippen LogP contribution is -2.45. The SMILES string of the molecule is COc1cccc(N2CCCC(NCc3ccccc3)C2)c1. The van der Waals surface area contributed by atoms with Crippen molar-refractivity contribution in [1.82, 2.24) is 5.32 Å². The standard InChI is InChI=1S/C19H24N2O/c1-22-19-11-5-10-18(13-19)21-12-6-9-17(15-21)20-14-16-7-3-2-4-8-16/h2-5,7-8,10-11,13,17,20H,6,9,12,14-15H2,1H3. The molecule has 1 unspecified atom stereocenters. The maximum Gasteiger partial charge on any atom is 0.120 e. The molecule has 1 N–H and O–H groups in total. The number of ether oxygens (including phenoxy) is 1. The van der Waals surface area contributed by atoms with E-state index in [9.17, 15) is 0 Å². The number of rotatable bonds is 5. The Morgan fingerprint density at radius 1 is 1.14 bits per heavy atom. The summed E-state index contributed by atoms with van der Waals surface area (Å²) in [6.07, 6.45) is 2.47. The summed E-state index contributed by atoms with van der Waals surface area (Å²) in [4.78, 5) is 2.45. The van der Waals surface area contributed by atoms with E-state index in [0.717, 1.165) is 25.4 Å². The van der Waals surface area contributed by atoms with Crippen molar-refractivity contribution in [1.29, 1.82) is 0 Å². The van der Waals surface area contributed by atoms with Crippen LogP contribution in [-0.2, 0) is 6.54 Å². The van der Waals surface area contributed by atoms with Crippen LogP contribution >= 0.6 is 0 Å². The first-order valence-corrected chi connectivity index (χ1v) is 8.01. The number of methoxy groups -OCH3 is 1. The van der Waals surface area contributed by atoms with Gasteiger partial charge in [0.15, 0.2) is 0 Å².